The summed E-state index contributed by atoms with van der Waals surface area (Å²) in [6, 6.07) is 10.4. The highest BCUT2D eigenvalue weighted by Gasteiger charge is 2.22. The van der Waals surface area contributed by atoms with E-state index in [2.05, 4.69) is 21.2 Å². The van der Waals surface area contributed by atoms with E-state index in [0.29, 0.717) is 23.4 Å². The van der Waals surface area contributed by atoms with Crippen molar-refractivity contribution in [3.63, 3.8) is 0 Å². The van der Waals surface area contributed by atoms with Crippen LogP contribution >= 0.6 is 27.5 Å². The fraction of sp³-hybridized carbons (Fsp3) is 0.188. The topological polar surface area (TPSA) is 29.1 Å². The molecule has 3 rings (SSSR count). The van der Waals surface area contributed by atoms with Gasteiger partial charge in [-0.15, -0.1) is 0 Å². The molecule has 0 saturated heterocycles. The van der Waals surface area contributed by atoms with Crippen LogP contribution in [0.15, 0.2) is 36.4 Å². The quantitative estimate of drug-likeness (QED) is 0.785. The monoisotopic (exact) mass is 367 g/mol. The Morgan fingerprint density at radius 1 is 1.33 bits per heavy atom. The molecule has 0 saturated carbocycles. The molecule has 1 N–H and O–H groups in total. The van der Waals surface area contributed by atoms with Crippen molar-refractivity contribution in [2.75, 3.05) is 5.32 Å². The SMILES string of the molecule is O=C1Cc2cc(C(Br)Cc3ccccc3F)c(Cl)cc2N1. The molecule has 0 aromatic heterocycles. The summed E-state index contributed by atoms with van der Waals surface area (Å²) in [5.74, 6) is -0.255. The highest BCUT2D eigenvalue weighted by atomic mass is 79.9. The van der Waals surface area contributed by atoms with Gasteiger partial charge >= 0.3 is 0 Å². The van der Waals surface area contributed by atoms with Crippen molar-refractivity contribution in [3.05, 3.63) is 63.9 Å². The zero-order valence-corrected chi connectivity index (χ0v) is 13.3. The lowest BCUT2D eigenvalue weighted by Crippen LogP contribution is -2.03. The fourth-order valence-corrected chi connectivity index (χ4v) is 3.63. The first kappa shape index (κ1) is 14.5. The third-order valence-corrected chi connectivity index (χ3v) is 4.69. The Kier molecular flexibility index (Phi) is 4.00. The summed E-state index contributed by atoms with van der Waals surface area (Å²) in [6.07, 6.45) is 0.853. The van der Waals surface area contributed by atoms with E-state index >= 15 is 0 Å². The first-order valence-corrected chi connectivity index (χ1v) is 7.83. The average molecular weight is 369 g/mol. The third kappa shape index (κ3) is 2.97. The van der Waals surface area contributed by atoms with Gasteiger partial charge in [-0.3, -0.25) is 4.79 Å². The van der Waals surface area contributed by atoms with Crippen molar-refractivity contribution in [1.29, 1.82) is 0 Å². The summed E-state index contributed by atoms with van der Waals surface area (Å²) < 4.78 is 13.7. The number of benzene rings is 2. The van der Waals surface area contributed by atoms with Crippen molar-refractivity contribution in [3.8, 4) is 0 Å². The Hall–Kier alpha value is -1.39. The maximum atomic E-state index is 13.7. The number of alkyl halides is 1. The Balaban J connectivity index is 1.89. The second kappa shape index (κ2) is 5.78. The van der Waals surface area contributed by atoms with E-state index in [9.17, 15) is 9.18 Å². The van der Waals surface area contributed by atoms with Gasteiger partial charge in [0.05, 0.1) is 6.42 Å². The molecule has 1 heterocycles. The molecule has 1 atom stereocenters. The Labute approximate surface area is 135 Å². The molecule has 0 radical (unpaired) electrons. The fourth-order valence-electron chi connectivity index (χ4n) is 2.47. The molecule has 1 unspecified atom stereocenters. The molecule has 0 fully saturated rings. The first-order valence-electron chi connectivity index (χ1n) is 6.54. The molecule has 2 aromatic carbocycles. The van der Waals surface area contributed by atoms with Crippen LogP contribution in [0.5, 0.6) is 0 Å². The highest BCUT2D eigenvalue weighted by molar-refractivity contribution is 9.09. The van der Waals surface area contributed by atoms with E-state index in [4.69, 9.17) is 11.6 Å². The number of nitrogens with one attached hydrogen (secondary N) is 1. The normalized spacial score (nSPS) is 14.7. The van der Waals surface area contributed by atoms with Crippen LogP contribution in [0.3, 0.4) is 0 Å². The molecule has 108 valence electrons. The lowest BCUT2D eigenvalue weighted by molar-refractivity contribution is -0.115. The summed E-state index contributed by atoms with van der Waals surface area (Å²) in [5, 5.41) is 3.33. The summed E-state index contributed by atoms with van der Waals surface area (Å²) in [6.45, 7) is 0. The first-order chi connectivity index (χ1) is 10.0. The van der Waals surface area contributed by atoms with Gasteiger partial charge in [0.15, 0.2) is 0 Å². The van der Waals surface area contributed by atoms with E-state index in [1.165, 1.54) is 6.07 Å². The van der Waals surface area contributed by atoms with Gasteiger partial charge < -0.3 is 5.32 Å². The van der Waals surface area contributed by atoms with Crippen molar-refractivity contribution < 1.29 is 9.18 Å². The number of halogens is 3. The number of fused-ring (bicyclic) bond motifs is 1. The predicted octanol–water partition coefficient (Wildman–Crippen LogP) is 4.65. The van der Waals surface area contributed by atoms with E-state index < -0.39 is 0 Å². The second-order valence-electron chi connectivity index (χ2n) is 5.02. The Morgan fingerprint density at radius 3 is 2.86 bits per heavy atom. The van der Waals surface area contributed by atoms with E-state index in [-0.39, 0.29) is 16.6 Å². The third-order valence-electron chi connectivity index (χ3n) is 3.54. The standard InChI is InChI=1S/C16H12BrClFNO/c17-12(6-9-3-1-2-4-14(9)19)11-5-10-7-16(21)20-15(10)8-13(11)18/h1-5,8,12H,6-7H2,(H,20,21). The molecule has 21 heavy (non-hydrogen) atoms. The molecular formula is C16H12BrClFNO. The molecule has 1 aliphatic heterocycles. The summed E-state index contributed by atoms with van der Waals surface area (Å²) >= 11 is 9.86. The molecule has 0 spiro atoms. The summed E-state index contributed by atoms with van der Waals surface area (Å²) in [7, 11) is 0. The number of rotatable bonds is 3. The molecular weight excluding hydrogens is 357 g/mol. The molecule has 2 aromatic rings. The van der Waals surface area contributed by atoms with Crippen molar-refractivity contribution in [2.45, 2.75) is 17.7 Å². The van der Waals surface area contributed by atoms with Crippen molar-refractivity contribution >= 4 is 39.1 Å². The van der Waals surface area contributed by atoms with Crippen LogP contribution in [0.4, 0.5) is 10.1 Å². The summed E-state index contributed by atoms with van der Waals surface area (Å²) in [4.78, 5) is 11.3. The summed E-state index contributed by atoms with van der Waals surface area (Å²) in [5.41, 5.74) is 3.19. The number of hydrogen-bond donors (Lipinski definition) is 1. The molecule has 1 amide bonds. The van der Waals surface area contributed by atoms with Gasteiger partial charge in [0, 0.05) is 15.5 Å². The number of carbonyl (C=O) groups is 1. The van der Waals surface area contributed by atoms with Gasteiger partial charge in [0.2, 0.25) is 5.91 Å². The average Bonchev–Trinajstić information content (AvgIpc) is 2.79. The maximum absolute atomic E-state index is 13.7. The molecule has 5 heteroatoms. The van der Waals surface area contributed by atoms with E-state index in [0.717, 1.165) is 16.8 Å². The zero-order chi connectivity index (χ0) is 15.0. The largest absolute Gasteiger partial charge is 0.325 e. The van der Waals surface area contributed by atoms with Crippen LogP contribution in [0.2, 0.25) is 5.02 Å². The minimum Gasteiger partial charge on any atom is -0.325 e. The van der Waals surface area contributed by atoms with Crippen molar-refractivity contribution in [1.82, 2.24) is 0 Å². The molecule has 1 aliphatic rings. The number of anilines is 1. The Bertz CT molecular complexity index is 719. The van der Waals surface area contributed by atoms with Crippen LogP contribution < -0.4 is 5.32 Å². The lowest BCUT2D eigenvalue weighted by Gasteiger charge is -2.14. The molecule has 0 bridgehead atoms. The zero-order valence-electron chi connectivity index (χ0n) is 11.0. The highest BCUT2D eigenvalue weighted by Crippen LogP contribution is 2.37. The van der Waals surface area contributed by atoms with Gasteiger partial charge in [-0.2, -0.15) is 0 Å². The van der Waals surface area contributed by atoms with Crippen LogP contribution in [0, 0.1) is 5.82 Å². The number of carbonyl (C=O) groups excluding carboxylic acids is 1. The van der Waals surface area contributed by atoms with Gasteiger partial charge in [-0.1, -0.05) is 51.8 Å². The van der Waals surface area contributed by atoms with Crippen LogP contribution in [0.1, 0.15) is 21.5 Å². The van der Waals surface area contributed by atoms with E-state index in [1.54, 1.807) is 18.2 Å². The predicted molar refractivity (Wildman–Crippen MR) is 85.6 cm³/mol. The molecule has 2 nitrogen and oxygen atoms in total. The van der Waals surface area contributed by atoms with Crippen LogP contribution in [0.25, 0.3) is 0 Å². The molecule has 0 aliphatic carbocycles. The smallest absolute Gasteiger partial charge is 0.228 e. The Morgan fingerprint density at radius 2 is 2.10 bits per heavy atom. The number of amides is 1. The van der Waals surface area contributed by atoms with E-state index in [1.807, 2.05) is 12.1 Å². The second-order valence-corrected chi connectivity index (χ2v) is 6.53. The van der Waals surface area contributed by atoms with Gasteiger partial charge in [-0.05, 0) is 35.2 Å². The lowest BCUT2D eigenvalue weighted by atomic mass is 10.0. The van der Waals surface area contributed by atoms with Crippen LogP contribution in [-0.2, 0) is 17.6 Å². The maximum Gasteiger partial charge on any atom is 0.228 e. The van der Waals surface area contributed by atoms with Crippen molar-refractivity contribution in [2.24, 2.45) is 0 Å². The number of hydrogen-bond acceptors (Lipinski definition) is 1. The van der Waals surface area contributed by atoms with Gasteiger partial charge in [0.1, 0.15) is 5.82 Å². The van der Waals surface area contributed by atoms with Gasteiger partial charge in [-0.25, -0.2) is 4.39 Å². The minimum absolute atomic E-state index is 0.0292. The van der Waals surface area contributed by atoms with Crippen LogP contribution in [-0.4, -0.2) is 5.91 Å². The van der Waals surface area contributed by atoms with Gasteiger partial charge in [0.25, 0.3) is 0 Å². The minimum atomic E-state index is -0.226.